The van der Waals surface area contributed by atoms with Gasteiger partial charge in [-0.3, -0.25) is 9.78 Å². The van der Waals surface area contributed by atoms with Crippen molar-refractivity contribution in [3.8, 4) is 0 Å². The highest BCUT2D eigenvalue weighted by Crippen LogP contribution is 2.30. The molecule has 1 aromatic heterocycles. The Balaban J connectivity index is 2.18. The van der Waals surface area contributed by atoms with E-state index in [0.29, 0.717) is 5.56 Å². The number of hydrogen-bond acceptors (Lipinski definition) is 7. The SMILES string of the molecule is CSC1OC(C(NC(=O)c2ccncc2)C(C)Cl)C(O)C(O)C1O. The first kappa shape index (κ1) is 19.4. The van der Waals surface area contributed by atoms with E-state index in [9.17, 15) is 20.1 Å². The maximum atomic E-state index is 12.4. The molecule has 0 aliphatic carbocycles. The summed E-state index contributed by atoms with van der Waals surface area (Å²) in [5.41, 5.74) is -0.344. The molecular weight excluding hydrogens is 356 g/mol. The number of aliphatic hydroxyl groups excluding tert-OH is 3. The van der Waals surface area contributed by atoms with Crippen molar-refractivity contribution in [2.45, 2.75) is 48.2 Å². The molecule has 1 saturated heterocycles. The zero-order valence-electron chi connectivity index (χ0n) is 13.2. The Morgan fingerprint density at radius 2 is 1.92 bits per heavy atom. The molecule has 1 fully saturated rings. The molecule has 1 aromatic rings. The molecule has 0 aromatic carbocycles. The van der Waals surface area contributed by atoms with Crippen LogP contribution >= 0.6 is 23.4 Å². The quantitative estimate of drug-likeness (QED) is 0.534. The number of pyridine rings is 1. The number of thioether (sulfide) groups is 1. The predicted octanol–water partition coefficient (Wildman–Crippen LogP) is -0.0221. The summed E-state index contributed by atoms with van der Waals surface area (Å²) in [5.74, 6) is -0.396. The van der Waals surface area contributed by atoms with Crippen LogP contribution in [0.4, 0.5) is 0 Å². The van der Waals surface area contributed by atoms with Gasteiger partial charge in [0.1, 0.15) is 29.9 Å². The number of nitrogens with zero attached hydrogens (tertiary/aromatic N) is 1. The third-order valence-corrected chi connectivity index (χ3v) is 5.05. The van der Waals surface area contributed by atoms with Crippen LogP contribution < -0.4 is 5.32 Å². The van der Waals surface area contributed by atoms with Crippen LogP contribution in [0.3, 0.4) is 0 Å². The second-order valence-electron chi connectivity index (χ2n) is 5.59. The first-order valence-electron chi connectivity index (χ1n) is 7.44. The third kappa shape index (κ3) is 4.19. The number of nitrogens with one attached hydrogen (secondary N) is 1. The molecule has 134 valence electrons. The summed E-state index contributed by atoms with van der Waals surface area (Å²) in [6.07, 6.45) is -0.269. The van der Waals surface area contributed by atoms with Crippen molar-refractivity contribution >= 4 is 29.3 Å². The highest BCUT2D eigenvalue weighted by molar-refractivity contribution is 7.99. The molecule has 7 nitrogen and oxygen atoms in total. The summed E-state index contributed by atoms with van der Waals surface area (Å²) < 4.78 is 5.68. The summed E-state index contributed by atoms with van der Waals surface area (Å²) >= 11 is 7.38. The van der Waals surface area contributed by atoms with Gasteiger partial charge >= 0.3 is 0 Å². The fourth-order valence-electron chi connectivity index (χ4n) is 2.56. The number of carbonyl (C=O) groups excluding carboxylic acids is 1. The molecule has 7 unspecified atom stereocenters. The number of ether oxygens (including phenoxy) is 1. The first-order valence-corrected chi connectivity index (χ1v) is 9.16. The zero-order chi connectivity index (χ0) is 17.9. The van der Waals surface area contributed by atoms with Gasteiger partial charge in [0.2, 0.25) is 0 Å². The van der Waals surface area contributed by atoms with Crippen LogP contribution in [0.2, 0.25) is 0 Å². The highest BCUT2D eigenvalue weighted by Gasteiger charge is 2.47. The van der Waals surface area contributed by atoms with E-state index in [1.807, 2.05) is 0 Å². The largest absolute Gasteiger partial charge is 0.388 e. The monoisotopic (exact) mass is 376 g/mol. The second-order valence-corrected chi connectivity index (χ2v) is 7.21. The summed E-state index contributed by atoms with van der Waals surface area (Å²) in [5, 5.41) is 32.4. The lowest BCUT2D eigenvalue weighted by Gasteiger charge is -2.43. The Morgan fingerprint density at radius 1 is 1.29 bits per heavy atom. The first-order chi connectivity index (χ1) is 11.4. The van der Waals surface area contributed by atoms with Gasteiger partial charge < -0.3 is 25.4 Å². The van der Waals surface area contributed by atoms with Gasteiger partial charge in [0, 0.05) is 18.0 Å². The Kier molecular flexibility index (Phi) is 6.85. The Hall–Kier alpha value is -0.900. The standard InChI is InChI=1S/C15H21ClN2O5S/c1-7(16)9(18-14(22)8-3-5-17-6-4-8)13-11(20)10(19)12(21)15(23-13)24-2/h3-7,9-13,15,19-21H,1-2H3,(H,18,22). The van der Waals surface area contributed by atoms with E-state index >= 15 is 0 Å². The van der Waals surface area contributed by atoms with Crippen LogP contribution in [0.1, 0.15) is 17.3 Å². The van der Waals surface area contributed by atoms with E-state index in [4.69, 9.17) is 16.3 Å². The maximum absolute atomic E-state index is 12.4. The number of aliphatic hydroxyl groups is 3. The van der Waals surface area contributed by atoms with E-state index in [1.54, 1.807) is 25.3 Å². The van der Waals surface area contributed by atoms with Crippen molar-refractivity contribution < 1.29 is 24.9 Å². The van der Waals surface area contributed by atoms with E-state index in [-0.39, 0.29) is 0 Å². The smallest absolute Gasteiger partial charge is 0.251 e. The van der Waals surface area contributed by atoms with Gasteiger partial charge in [0.25, 0.3) is 5.91 Å². The van der Waals surface area contributed by atoms with Crippen LogP contribution in [0, 0.1) is 0 Å². The number of alkyl halides is 1. The van der Waals surface area contributed by atoms with E-state index in [2.05, 4.69) is 10.3 Å². The van der Waals surface area contributed by atoms with Crippen LogP contribution in [0.15, 0.2) is 24.5 Å². The number of halogens is 1. The average Bonchev–Trinajstić information content (AvgIpc) is 2.59. The van der Waals surface area contributed by atoms with Gasteiger partial charge in [0.05, 0.1) is 11.4 Å². The summed E-state index contributed by atoms with van der Waals surface area (Å²) in [4.78, 5) is 16.2. The molecule has 9 heteroatoms. The van der Waals surface area contributed by atoms with Gasteiger partial charge in [0.15, 0.2) is 0 Å². The van der Waals surface area contributed by atoms with Crippen molar-refractivity contribution in [2.24, 2.45) is 0 Å². The predicted molar refractivity (Wildman–Crippen MR) is 91.0 cm³/mol. The van der Waals surface area contributed by atoms with E-state index in [0.717, 1.165) is 0 Å². The second kappa shape index (κ2) is 8.46. The van der Waals surface area contributed by atoms with Crippen molar-refractivity contribution in [3.63, 3.8) is 0 Å². The molecule has 7 atom stereocenters. The highest BCUT2D eigenvalue weighted by atomic mass is 35.5. The molecule has 1 aliphatic heterocycles. The Bertz CT molecular complexity index is 548. The van der Waals surface area contributed by atoms with Crippen LogP contribution in [-0.4, -0.2) is 73.7 Å². The van der Waals surface area contributed by atoms with E-state index < -0.39 is 47.2 Å². The molecule has 0 spiro atoms. The topological polar surface area (TPSA) is 112 Å². The number of carbonyl (C=O) groups is 1. The number of rotatable bonds is 5. The summed E-state index contributed by atoms with van der Waals surface area (Å²) in [7, 11) is 0. The molecule has 2 heterocycles. The maximum Gasteiger partial charge on any atom is 0.251 e. The molecule has 0 bridgehead atoms. The van der Waals surface area contributed by atoms with Gasteiger partial charge in [-0.05, 0) is 25.3 Å². The normalized spacial score (nSPS) is 32.8. The fourth-order valence-corrected chi connectivity index (χ4v) is 3.45. The number of hydrogen-bond donors (Lipinski definition) is 4. The zero-order valence-corrected chi connectivity index (χ0v) is 14.8. The molecule has 4 N–H and O–H groups in total. The lowest BCUT2D eigenvalue weighted by molar-refractivity contribution is -0.204. The van der Waals surface area contributed by atoms with Gasteiger partial charge in [-0.2, -0.15) is 0 Å². The molecular formula is C15H21ClN2O5S. The van der Waals surface area contributed by atoms with Crippen molar-refractivity contribution in [1.82, 2.24) is 10.3 Å². The fraction of sp³-hybridized carbons (Fsp3) is 0.600. The minimum atomic E-state index is -1.39. The van der Waals surface area contributed by atoms with Crippen LogP contribution in [0.5, 0.6) is 0 Å². The average molecular weight is 377 g/mol. The lowest BCUT2D eigenvalue weighted by atomic mass is 9.93. The Labute approximate surface area is 149 Å². The van der Waals surface area contributed by atoms with Crippen LogP contribution in [0.25, 0.3) is 0 Å². The lowest BCUT2D eigenvalue weighted by Crippen LogP contribution is -2.64. The van der Waals surface area contributed by atoms with Gasteiger partial charge in [-0.25, -0.2) is 0 Å². The molecule has 2 rings (SSSR count). The Morgan fingerprint density at radius 3 is 2.46 bits per heavy atom. The third-order valence-electron chi connectivity index (χ3n) is 3.93. The molecule has 0 saturated carbocycles. The molecule has 1 aliphatic rings. The summed E-state index contributed by atoms with van der Waals surface area (Å²) in [6, 6.07) is 2.33. The number of amides is 1. The van der Waals surface area contributed by atoms with Gasteiger partial charge in [-0.1, -0.05) is 0 Å². The minimum Gasteiger partial charge on any atom is -0.388 e. The van der Waals surface area contributed by atoms with Crippen molar-refractivity contribution in [2.75, 3.05) is 6.26 Å². The number of aromatic nitrogens is 1. The summed E-state index contributed by atoms with van der Waals surface area (Å²) in [6.45, 7) is 1.65. The molecule has 24 heavy (non-hydrogen) atoms. The van der Waals surface area contributed by atoms with Gasteiger partial charge in [-0.15, -0.1) is 23.4 Å². The minimum absolute atomic E-state index is 0.389. The molecule has 0 radical (unpaired) electrons. The van der Waals surface area contributed by atoms with Crippen LogP contribution in [-0.2, 0) is 4.74 Å². The van der Waals surface area contributed by atoms with Crippen molar-refractivity contribution in [1.29, 1.82) is 0 Å². The van der Waals surface area contributed by atoms with E-state index in [1.165, 1.54) is 24.2 Å². The molecule has 1 amide bonds. The van der Waals surface area contributed by atoms with Crippen molar-refractivity contribution in [3.05, 3.63) is 30.1 Å².